The molecule has 3 heteroatoms. The molecule has 1 N–H and O–H groups in total. The Labute approximate surface area is 120 Å². The third kappa shape index (κ3) is 2.60. The summed E-state index contributed by atoms with van der Waals surface area (Å²) < 4.78 is 11.4. The SMILES string of the molecule is CCc1oc2ccccc2c1CNC(C)C1CCOC1. The lowest BCUT2D eigenvalue weighted by Gasteiger charge is -2.19. The molecule has 1 saturated heterocycles. The first-order valence-corrected chi connectivity index (χ1v) is 7.60. The van der Waals surface area contributed by atoms with E-state index in [9.17, 15) is 0 Å². The summed E-state index contributed by atoms with van der Waals surface area (Å²) in [7, 11) is 0. The first-order valence-electron chi connectivity index (χ1n) is 7.60. The Bertz CT molecular complexity index is 569. The summed E-state index contributed by atoms with van der Waals surface area (Å²) in [5.41, 5.74) is 2.31. The van der Waals surface area contributed by atoms with Crippen molar-refractivity contribution in [3.63, 3.8) is 0 Å². The van der Waals surface area contributed by atoms with Gasteiger partial charge in [-0.05, 0) is 25.3 Å². The van der Waals surface area contributed by atoms with Gasteiger partial charge in [-0.15, -0.1) is 0 Å². The average Bonchev–Trinajstić information content (AvgIpc) is 3.12. The Kier molecular flexibility index (Phi) is 4.08. The lowest BCUT2D eigenvalue weighted by Crippen LogP contribution is -2.33. The molecule has 2 unspecified atom stereocenters. The van der Waals surface area contributed by atoms with Crippen molar-refractivity contribution in [1.29, 1.82) is 0 Å². The van der Waals surface area contributed by atoms with E-state index >= 15 is 0 Å². The highest BCUT2D eigenvalue weighted by Crippen LogP contribution is 2.26. The quantitative estimate of drug-likeness (QED) is 0.905. The molecule has 108 valence electrons. The van der Waals surface area contributed by atoms with Gasteiger partial charge in [0.1, 0.15) is 11.3 Å². The maximum Gasteiger partial charge on any atom is 0.134 e. The van der Waals surface area contributed by atoms with Crippen LogP contribution in [0.25, 0.3) is 11.0 Å². The Morgan fingerprint density at radius 3 is 2.95 bits per heavy atom. The number of nitrogens with one attached hydrogen (secondary N) is 1. The van der Waals surface area contributed by atoms with Crippen LogP contribution in [-0.4, -0.2) is 19.3 Å². The molecule has 0 radical (unpaired) electrons. The minimum atomic E-state index is 0.482. The van der Waals surface area contributed by atoms with Crippen molar-refractivity contribution in [3.8, 4) is 0 Å². The highest BCUT2D eigenvalue weighted by atomic mass is 16.5. The molecule has 0 bridgehead atoms. The zero-order valence-corrected chi connectivity index (χ0v) is 12.3. The smallest absolute Gasteiger partial charge is 0.134 e. The predicted molar refractivity (Wildman–Crippen MR) is 80.8 cm³/mol. The molecule has 0 amide bonds. The molecule has 2 atom stereocenters. The van der Waals surface area contributed by atoms with Gasteiger partial charge >= 0.3 is 0 Å². The van der Waals surface area contributed by atoms with E-state index in [2.05, 4.69) is 31.3 Å². The van der Waals surface area contributed by atoms with Gasteiger partial charge < -0.3 is 14.5 Å². The fourth-order valence-corrected chi connectivity index (χ4v) is 3.01. The second-order valence-corrected chi connectivity index (χ2v) is 5.65. The molecule has 3 nitrogen and oxygen atoms in total. The molecule has 1 aromatic heterocycles. The lowest BCUT2D eigenvalue weighted by atomic mass is 10.00. The van der Waals surface area contributed by atoms with E-state index in [0.717, 1.165) is 37.5 Å². The summed E-state index contributed by atoms with van der Waals surface area (Å²) in [4.78, 5) is 0. The molecule has 2 heterocycles. The van der Waals surface area contributed by atoms with Crippen LogP contribution in [0.3, 0.4) is 0 Å². The van der Waals surface area contributed by atoms with Gasteiger partial charge in [0.2, 0.25) is 0 Å². The summed E-state index contributed by atoms with van der Waals surface area (Å²) in [5.74, 6) is 1.74. The van der Waals surface area contributed by atoms with Crippen LogP contribution in [0.15, 0.2) is 28.7 Å². The second kappa shape index (κ2) is 5.98. The molecular formula is C17H23NO2. The third-order valence-electron chi connectivity index (χ3n) is 4.38. The summed E-state index contributed by atoms with van der Waals surface area (Å²) in [6.45, 7) is 7.08. The number of rotatable bonds is 5. The highest BCUT2D eigenvalue weighted by molar-refractivity contribution is 5.82. The zero-order chi connectivity index (χ0) is 13.9. The molecule has 1 aromatic carbocycles. The van der Waals surface area contributed by atoms with Crippen molar-refractivity contribution >= 4 is 11.0 Å². The number of furan rings is 1. The van der Waals surface area contributed by atoms with Crippen LogP contribution in [0.5, 0.6) is 0 Å². The fraction of sp³-hybridized carbons (Fsp3) is 0.529. The monoisotopic (exact) mass is 273 g/mol. The first-order chi connectivity index (χ1) is 9.79. The Morgan fingerprint density at radius 1 is 1.35 bits per heavy atom. The minimum Gasteiger partial charge on any atom is -0.461 e. The molecule has 0 spiro atoms. The summed E-state index contributed by atoms with van der Waals surface area (Å²) in [6.07, 6.45) is 2.10. The molecular weight excluding hydrogens is 250 g/mol. The normalized spacial score (nSPS) is 20.6. The van der Waals surface area contributed by atoms with Crippen molar-refractivity contribution in [3.05, 3.63) is 35.6 Å². The van der Waals surface area contributed by atoms with Gasteiger partial charge in [0.15, 0.2) is 0 Å². The van der Waals surface area contributed by atoms with E-state index in [1.54, 1.807) is 0 Å². The Balaban J connectivity index is 1.76. The maximum absolute atomic E-state index is 5.94. The Hall–Kier alpha value is -1.32. The number of fused-ring (bicyclic) bond motifs is 1. The van der Waals surface area contributed by atoms with E-state index in [-0.39, 0.29) is 0 Å². The molecule has 3 rings (SSSR count). The standard InChI is InChI=1S/C17H23NO2/c1-3-16-15(14-6-4-5-7-17(14)20-16)10-18-12(2)13-8-9-19-11-13/h4-7,12-13,18H,3,8-11H2,1-2H3. The lowest BCUT2D eigenvalue weighted by molar-refractivity contribution is 0.178. The summed E-state index contributed by atoms with van der Waals surface area (Å²) in [6, 6.07) is 8.79. The molecule has 1 fully saturated rings. The minimum absolute atomic E-state index is 0.482. The molecule has 0 saturated carbocycles. The predicted octanol–water partition coefficient (Wildman–Crippen LogP) is 3.51. The van der Waals surface area contributed by atoms with Gasteiger partial charge in [-0.2, -0.15) is 0 Å². The van der Waals surface area contributed by atoms with Crippen molar-refractivity contribution in [2.75, 3.05) is 13.2 Å². The third-order valence-corrected chi connectivity index (χ3v) is 4.38. The summed E-state index contributed by atoms with van der Waals surface area (Å²) in [5, 5.41) is 4.90. The van der Waals surface area contributed by atoms with Crippen LogP contribution in [-0.2, 0) is 17.7 Å². The van der Waals surface area contributed by atoms with Crippen LogP contribution in [0.2, 0.25) is 0 Å². The molecule has 0 aliphatic carbocycles. The molecule has 20 heavy (non-hydrogen) atoms. The number of ether oxygens (including phenoxy) is 1. The van der Waals surface area contributed by atoms with Crippen LogP contribution < -0.4 is 5.32 Å². The average molecular weight is 273 g/mol. The van der Waals surface area contributed by atoms with Crippen molar-refractivity contribution in [2.45, 2.75) is 39.3 Å². The van der Waals surface area contributed by atoms with Crippen molar-refractivity contribution in [2.24, 2.45) is 5.92 Å². The number of hydrogen-bond donors (Lipinski definition) is 1. The van der Waals surface area contributed by atoms with Gasteiger partial charge in [0, 0.05) is 36.6 Å². The second-order valence-electron chi connectivity index (χ2n) is 5.65. The number of hydrogen-bond acceptors (Lipinski definition) is 3. The van der Waals surface area contributed by atoms with Crippen LogP contribution in [0.4, 0.5) is 0 Å². The highest BCUT2D eigenvalue weighted by Gasteiger charge is 2.22. The van der Waals surface area contributed by atoms with Crippen LogP contribution in [0, 0.1) is 5.92 Å². The number of benzene rings is 1. The topological polar surface area (TPSA) is 34.4 Å². The molecule has 1 aliphatic heterocycles. The zero-order valence-electron chi connectivity index (χ0n) is 12.3. The summed E-state index contributed by atoms with van der Waals surface area (Å²) >= 11 is 0. The van der Waals surface area contributed by atoms with Gasteiger partial charge in [0.05, 0.1) is 6.61 Å². The maximum atomic E-state index is 5.94. The van der Waals surface area contributed by atoms with Gasteiger partial charge in [-0.25, -0.2) is 0 Å². The van der Waals surface area contributed by atoms with Crippen LogP contribution in [0.1, 0.15) is 31.6 Å². The molecule has 1 aliphatic rings. The van der Waals surface area contributed by atoms with Gasteiger partial charge in [-0.1, -0.05) is 25.1 Å². The van der Waals surface area contributed by atoms with E-state index in [1.807, 2.05) is 12.1 Å². The van der Waals surface area contributed by atoms with E-state index in [1.165, 1.54) is 17.4 Å². The van der Waals surface area contributed by atoms with Crippen molar-refractivity contribution < 1.29 is 9.15 Å². The van der Waals surface area contributed by atoms with E-state index in [0.29, 0.717) is 12.0 Å². The fourth-order valence-electron chi connectivity index (χ4n) is 3.01. The Morgan fingerprint density at radius 2 is 2.20 bits per heavy atom. The number of aryl methyl sites for hydroxylation is 1. The first kappa shape index (κ1) is 13.7. The van der Waals surface area contributed by atoms with E-state index < -0.39 is 0 Å². The van der Waals surface area contributed by atoms with Crippen molar-refractivity contribution in [1.82, 2.24) is 5.32 Å². The number of para-hydroxylation sites is 1. The van der Waals surface area contributed by atoms with Gasteiger partial charge in [-0.3, -0.25) is 0 Å². The van der Waals surface area contributed by atoms with Crippen LogP contribution >= 0.6 is 0 Å². The van der Waals surface area contributed by atoms with E-state index in [4.69, 9.17) is 9.15 Å². The largest absolute Gasteiger partial charge is 0.461 e. The molecule has 2 aromatic rings. The van der Waals surface area contributed by atoms with Gasteiger partial charge in [0.25, 0.3) is 0 Å².